The fraction of sp³-hybridized carbons (Fsp3) is 0. The number of halogens is 2. The molecule has 6 heavy (non-hydrogen) atoms. The molecule has 0 fully saturated rings. The van der Waals surface area contributed by atoms with Gasteiger partial charge in [-0.05, 0) is 9.56 Å². The predicted octanol–water partition coefficient (Wildman–Crippen LogP) is 1.28. The Hall–Kier alpha value is 0.0900. The summed E-state index contributed by atoms with van der Waals surface area (Å²) in [7, 11) is 0. The van der Waals surface area contributed by atoms with Crippen molar-refractivity contribution in [2.45, 2.75) is 0 Å². The molecule has 3 nitrogen and oxygen atoms in total. The lowest BCUT2D eigenvalue weighted by atomic mass is 14.5. The minimum absolute atomic E-state index is 0.661. The molecule has 0 rings (SSSR count). The van der Waals surface area contributed by atoms with Crippen molar-refractivity contribution in [3.63, 3.8) is 0 Å². The van der Waals surface area contributed by atoms with E-state index in [4.69, 9.17) is 0 Å². The van der Waals surface area contributed by atoms with Crippen molar-refractivity contribution in [2.24, 2.45) is 0 Å². The molecule has 0 saturated heterocycles. The van der Waals surface area contributed by atoms with Crippen molar-refractivity contribution in [3.05, 3.63) is 0 Å². The van der Waals surface area contributed by atoms with E-state index in [0.29, 0.717) is 0 Å². The van der Waals surface area contributed by atoms with Gasteiger partial charge in [0.05, 0.1) is 0 Å². The molecule has 0 aromatic carbocycles. The van der Waals surface area contributed by atoms with E-state index in [1.165, 1.54) is 0 Å². The monoisotopic (exact) mass is 118 g/mol. The molecule has 0 aliphatic heterocycles. The quantitative estimate of drug-likeness (QED) is 0.241. The van der Waals surface area contributed by atoms with Crippen LogP contribution in [0.15, 0.2) is 0 Å². The van der Waals surface area contributed by atoms with Gasteiger partial charge in [-0.15, -0.1) is 3.89 Å². The smallest absolute Gasteiger partial charge is 0.130 e. The Kier molecular flexibility index (Phi) is 5.17. The van der Waals surface area contributed by atoms with Crippen LogP contribution in [-0.4, -0.2) is 0 Å². The maximum atomic E-state index is 10.5. The number of hydrogen-bond donors (Lipinski definition) is 0. The molecule has 0 heterocycles. The largest absolute Gasteiger partial charge is 0.245 e. The minimum Gasteiger partial charge on any atom is -0.130 e. The van der Waals surface area contributed by atoms with Crippen LogP contribution in [0.2, 0.25) is 0 Å². The van der Waals surface area contributed by atoms with Gasteiger partial charge in [0.2, 0.25) is 12.4 Å². The Bertz CT molecular complexity index is 20.8. The third-order valence-corrected chi connectivity index (χ3v) is 0.186. The molecular weight excluding hydrogens is 118 g/mol. The van der Waals surface area contributed by atoms with Gasteiger partial charge >= 0.3 is 0 Å². The summed E-state index contributed by atoms with van der Waals surface area (Å²) in [4.78, 5) is 0. The fourth-order valence-electron chi connectivity index (χ4n) is 0.0210. The van der Waals surface area contributed by atoms with E-state index in [2.05, 4.69) is 14.5 Å². The zero-order valence-electron chi connectivity index (χ0n) is 2.39. The SMILES string of the molecule is FOOOSF. The Labute approximate surface area is 36.4 Å². The lowest BCUT2D eigenvalue weighted by Crippen LogP contribution is -1.75. The average molecular weight is 118 g/mol. The maximum Gasteiger partial charge on any atom is 0.245 e. The van der Waals surface area contributed by atoms with Crippen LogP contribution in [0.4, 0.5) is 8.41 Å². The molecule has 0 N–H and O–H groups in total. The van der Waals surface area contributed by atoms with Gasteiger partial charge in [-0.1, -0.05) is 4.33 Å². The molecule has 38 valence electrons. The zero-order chi connectivity index (χ0) is 4.83. The fourth-order valence-corrected chi connectivity index (χ4v) is 0.0630. The van der Waals surface area contributed by atoms with Crippen LogP contribution in [0, 0.1) is 0 Å². The predicted molar refractivity (Wildman–Crippen MR) is 13.1 cm³/mol. The Morgan fingerprint density at radius 1 is 1.50 bits per heavy atom. The van der Waals surface area contributed by atoms with Gasteiger partial charge in [-0.2, -0.15) is 0 Å². The second-order valence-electron chi connectivity index (χ2n) is 0.262. The second kappa shape index (κ2) is 5.09. The van der Waals surface area contributed by atoms with Gasteiger partial charge in [-0.25, -0.2) is 0 Å². The third-order valence-electron chi connectivity index (χ3n) is 0.0792. The molecule has 0 bridgehead atoms. The Morgan fingerprint density at radius 3 is 2.33 bits per heavy atom. The zero-order valence-corrected chi connectivity index (χ0v) is 3.21. The van der Waals surface area contributed by atoms with E-state index in [1.807, 2.05) is 0 Å². The second-order valence-corrected chi connectivity index (χ2v) is 0.524. The summed E-state index contributed by atoms with van der Waals surface area (Å²) in [5.41, 5.74) is 0. The van der Waals surface area contributed by atoms with Crippen molar-refractivity contribution in [1.29, 1.82) is 0 Å². The molecule has 0 aromatic rings. The van der Waals surface area contributed by atoms with Crippen molar-refractivity contribution in [2.75, 3.05) is 0 Å². The minimum atomic E-state index is -0.661. The summed E-state index contributed by atoms with van der Waals surface area (Å²) in [5, 5.41) is 5.20. The van der Waals surface area contributed by atoms with E-state index in [0.717, 1.165) is 0 Å². The summed E-state index contributed by atoms with van der Waals surface area (Å²) in [6, 6.07) is 0. The third kappa shape index (κ3) is 4.09. The molecule has 0 saturated carbocycles. The van der Waals surface area contributed by atoms with Crippen LogP contribution >= 0.6 is 12.4 Å². The summed E-state index contributed by atoms with van der Waals surface area (Å²) < 4.78 is 23.8. The number of rotatable bonds is 3. The van der Waals surface area contributed by atoms with Crippen LogP contribution in [0.1, 0.15) is 0 Å². The van der Waals surface area contributed by atoms with Gasteiger partial charge in [0.1, 0.15) is 0 Å². The van der Waals surface area contributed by atoms with Crippen molar-refractivity contribution in [1.82, 2.24) is 0 Å². The lowest BCUT2D eigenvalue weighted by Gasteiger charge is -1.80. The maximum absolute atomic E-state index is 10.5. The highest BCUT2D eigenvalue weighted by Crippen LogP contribution is 2.01. The first-order valence-electron chi connectivity index (χ1n) is 0.809. The average Bonchev–Trinajstić information content (AvgIpc) is 1.61. The molecular formula is F2O3S. The molecule has 0 aliphatic rings. The summed E-state index contributed by atoms with van der Waals surface area (Å²) >= 11 is -0.661. The van der Waals surface area contributed by atoms with Crippen LogP contribution < -0.4 is 0 Å². The molecule has 0 radical (unpaired) electrons. The molecule has 0 spiro atoms. The van der Waals surface area contributed by atoms with Crippen molar-refractivity contribution < 1.29 is 22.9 Å². The van der Waals surface area contributed by atoms with E-state index in [-0.39, 0.29) is 0 Å². The van der Waals surface area contributed by atoms with Crippen molar-refractivity contribution >= 4 is 12.4 Å². The van der Waals surface area contributed by atoms with Gasteiger partial charge < -0.3 is 0 Å². The molecule has 0 atom stereocenters. The van der Waals surface area contributed by atoms with E-state index in [9.17, 15) is 8.41 Å². The standard InChI is InChI=1S/F2O3S/c1-3-4-5-6-2. The van der Waals surface area contributed by atoms with E-state index in [1.54, 1.807) is 0 Å². The van der Waals surface area contributed by atoms with Crippen LogP contribution in [0.25, 0.3) is 0 Å². The first-order chi connectivity index (χ1) is 2.91. The number of hydrogen-bond acceptors (Lipinski definition) is 4. The highest BCUT2D eigenvalue weighted by Gasteiger charge is 1.82. The first kappa shape index (κ1) is 6.09. The van der Waals surface area contributed by atoms with Crippen LogP contribution in [-0.2, 0) is 14.5 Å². The van der Waals surface area contributed by atoms with Gasteiger partial charge in [-0.3, -0.25) is 0 Å². The van der Waals surface area contributed by atoms with Gasteiger partial charge in [0.25, 0.3) is 0 Å². The molecule has 6 heteroatoms. The summed E-state index contributed by atoms with van der Waals surface area (Å²) in [6.45, 7) is 0. The Balaban J connectivity index is 2.34. The Morgan fingerprint density at radius 2 is 2.17 bits per heavy atom. The van der Waals surface area contributed by atoms with E-state index < -0.39 is 12.4 Å². The topological polar surface area (TPSA) is 27.7 Å². The van der Waals surface area contributed by atoms with Crippen molar-refractivity contribution in [3.8, 4) is 0 Å². The van der Waals surface area contributed by atoms with Crippen LogP contribution in [0.3, 0.4) is 0 Å². The molecule has 0 aromatic heterocycles. The normalized spacial score (nSPS) is 9.00. The molecule has 0 unspecified atom stereocenters. The van der Waals surface area contributed by atoms with Gasteiger partial charge in [0.15, 0.2) is 0 Å². The molecule has 0 amide bonds. The van der Waals surface area contributed by atoms with E-state index >= 15 is 0 Å². The first-order valence-corrected chi connectivity index (χ1v) is 1.45. The highest BCUT2D eigenvalue weighted by atomic mass is 32.2. The molecule has 0 aliphatic carbocycles. The van der Waals surface area contributed by atoms with Crippen LogP contribution in [0.5, 0.6) is 0 Å². The summed E-state index contributed by atoms with van der Waals surface area (Å²) in [5.74, 6) is 0. The lowest BCUT2D eigenvalue weighted by molar-refractivity contribution is -0.549. The summed E-state index contributed by atoms with van der Waals surface area (Å²) in [6.07, 6.45) is 0. The highest BCUT2D eigenvalue weighted by molar-refractivity contribution is 7.89. The van der Waals surface area contributed by atoms with Gasteiger partial charge in [0, 0.05) is 5.09 Å².